The molecule has 0 radical (unpaired) electrons. The van der Waals surface area contributed by atoms with E-state index in [-0.39, 0.29) is 24.8 Å². The molecule has 1 heterocycles. The maximum absolute atomic E-state index is 12.6. The van der Waals surface area contributed by atoms with Crippen LogP contribution in [0.4, 0.5) is 0 Å². The Morgan fingerprint density at radius 2 is 1.68 bits per heavy atom. The van der Waals surface area contributed by atoms with E-state index in [2.05, 4.69) is 17.2 Å². The van der Waals surface area contributed by atoms with Crippen LogP contribution >= 0.6 is 0 Å². The van der Waals surface area contributed by atoms with E-state index in [0.717, 1.165) is 18.4 Å². The lowest BCUT2D eigenvalue weighted by Gasteiger charge is -2.47. The minimum absolute atomic E-state index is 0.198. The molecule has 2 atom stereocenters. The number of nitrogens with one attached hydrogen (secondary N) is 2. The maximum atomic E-state index is 12.6. The van der Waals surface area contributed by atoms with E-state index < -0.39 is 18.1 Å². The van der Waals surface area contributed by atoms with Crippen molar-refractivity contribution in [1.82, 2.24) is 15.5 Å². The Morgan fingerprint density at radius 1 is 1.00 bits per heavy atom. The zero-order valence-corrected chi connectivity index (χ0v) is 17.3. The average molecular weight is 421 g/mol. The number of carbonyl (C=O) groups is 3. The smallest absolute Gasteiger partial charge is 0.258 e. The third-order valence-electron chi connectivity index (χ3n) is 4.95. The Hall–Kier alpha value is -3.61. The fourth-order valence-electron chi connectivity index (χ4n) is 3.38. The highest BCUT2D eigenvalue weighted by atomic mass is 16.5. The summed E-state index contributed by atoms with van der Waals surface area (Å²) in [6.07, 6.45) is 2.89. The van der Waals surface area contributed by atoms with Crippen LogP contribution in [0.15, 0.2) is 73.3 Å². The first-order chi connectivity index (χ1) is 15.1. The van der Waals surface area contributed by atoms with Crippen LogP contribution in [0.1, 0.15) is 18.4 Å². The number of rotatable bonds is 11. The first kappa shape index (κ1) is 22.1. The predicted octanol–water partition coefficient (Wildman–Crippen LogP) is 2.04. The van der Waals surface area contributed by atoms with Gasteiger partial charge in [0.25, 0.3) is 11.8 Å². The number of allylic oxidation sites excluding steroid dienone is 1. The van der Waals surface area contributed by atoms with E-state index in [1.165, 1.54) is 0 Å². The molecule has 0 saturated carbocycles. The highest BCUT2D eigenvalue weighted by Gasteiger charge is 2.48. The molecule has 2 aromatic rings. The molecule has 162 valence electrons. The second-order valence-electron chi connectivity index (χ2n) is 7.28. The summed E-state index contributed by atoms with van der Waals surface area (Å²) in [6.45, 7) is 3.96. The Bertz CT molecular complexity index is 902. The number of likely N-dealkylation sites (tertiary alicyclic amines) is 1. The third kappa shape index (κ3) is 6.18. The van der Waals surface area contributed by atoms with Crippen molar-refractivity contribution in [2.75, 3.05) is 13.2 Å². The number of benzene rings is 2. The van der Waals surface area contributed by atoms with Gasteiger partial charge in [0.05, 0.1) is 6.42 Å². The zero-order valence-electron chi connectivity index (χ0n) is 17.3. The first-order valence-electron chi connectivity index (χ1n) is 10.3. The molecule has 0 unspecified atom stereocenters. The third-order valence-corrected chi connectivity index (χ3v) is 4.95. The van der Waals surface area contributed by atoms with Gasteiger partial charge >= 0.3 is 0 Å². The minimum Gasteiger partial charge on any atom is -0.484 e. The fourth-order valence-corrected chi connectivity index (χ4v) is 3.38. The second kappa shape index (κ2) is 11.0. The molecule has 1 aliphatic heterocycles. The number of hydrogen-bond acceptors (Lipinski definition) is 4. The quantitative estimate of drug-likeness (QED) is 0.330. The molecule has 0 spiro atoms. The van der Waals surface area contributed by atoms with Gasteiger partial charge in [-0.2, -0.15) is 0 Å². The summed E-state index contributed by atoms with van der Waals surface area (Å²) in [5, 5.41) is 5.57. The van der Waals surface area contributed by atoms with Crippen molar-refractivity contribution in [3.05, 3.63) is 78.9 Å². The van der Waals surface area contributed by atoms with Crippen molar-refractivity contribution in [1.29, 1.82) is 0 Å². The van der Waals surface area contributed by atoms with E-state index in [1.807, 2.05) is 48.5 Å². The summed E-state index contributed by atoms with van der Waals surface area (Å²) in [7, 11) is 0. The Balaban J connectivity index is 1.58. The number of nitrogens with zero attached hydrogens (tertiary/aromatic N) is 1. The largest absolute Gasteiger partial charge is 0.484 e. The van der Waals surface area contributed by atoms with E-state index in [4.69, 9.17) is 4.74 Å². The number of para-hydroxylation sites is 1. The van der Waals surface area contributed by atoms with Gasteiger partial charge in [-0.25, -0.2) is 0 Å². The molecular formula is C24H27N3O4. The number of carbonyl (C=O) groups excluding carboxylic acids is 3. The second-order valence-corrected chi connectivity index (χ2v) is 7.28. The average Bonchev–Trinajstić information content (AvgIpc) is 2.79. The number of hydrogen-bond donors (Lipinski definition) is 2. The predicted molar refractivity (Wildman–Crippen MR) is 117 cm³/mol. The molecule has 3 rings (SSSR count). The summed E-state index contributed by atoms with van der Waals surface area (Å²) in [4.78, 5) is 39.0. The molecule has 31 heavy (non-hydrogen) atoms. The summed E-state index contributed by atoms with van der Waals surface area (Å²) in [5.74, 6) is -0.286. The number of unbranched alkanes of at least 4 members (excludes halogenated alkanes) is 1. The molecule has 1 fully saturated rings. The number of amides is 3. The maximum Gasteiger partial charge on any atom is 0.258 e. The number of β-lactam (4-membered cyclic amide) rings is 1. The van der Waals surface area contributed by atoms with Crippen LogP contribution in [0.2, 0.25) is 0 Å². The Morgan fingerprint density at radius 3 is 2.35 bits per heavy atom. The van der Waals surface area contributed by atoms with Gasteiger partial charge in [-0.3, -0.25) is 14.4 Å². The van der Waals surface area contributed by atoms with E-state index in [0.29, 0.717) is 12.3 Å². The monoisotopic (exact) mass is 421 g/mol. The topological polar surface area (TPSA) is 87.7 Å². The van der Waals surface area contributed by atoms with E-state index in [9.17, 15) is 14.4 Å². The first-order valence-corrected chi connectivity index (χ1v) is 10.3. The van der Waals surface area contributed by atoms with Crippen molar-refractivity contribution < 1.29 is 19.1 Å². The Kier molecular flexibility index (Phi) is 7.81. The SMILES string of the molecule is C=CCCCN1C(=O)[C@H](NC(=O)COc2ccccc2)[C@@H]1NC(=O)Cc1ccccc1. The lowest BCUT2D eigenvalue weighted by atomic mass is 10.0. The van der Waals surface area contributed by atoms with E-state index >= 15 is 0 Å². The van der Waals surface area contributed by atoms with Crippen LogP contribution in [0.3, 0.4) is 0 Å². The molecule has 3 amide bonds. The summed E-state index contributed by atoms with van der Waals surface area (Å²) in [6, 6.07) is 17.5. The van der Waals surface area contributed by atoms with Crippen molar-refractivity contribution in [3.8, 4) is 5.75 Å². The lowest BCUT2D eigenvalue weighted by molar-refractivity contribution is -0.157. The molecule has 2 aromatic carbocycles. The van der Waals surface area contributed by atoms with Crippen molar-refractivity contribution in [3.63, 3.8) is 0 Å². The molecule has 0 aliphatic carbocycles. The summed E-state index contributed by atoms with van der Waals surface area (Å²) in [5.41, 5.74) is 0.876. The van der Waals surface area contributed by atoms with Crippen LogP contribution in [0.5, 0.6) is 5.75 Å². The van der Waals surface area contributed by atoms with Crippen molar-refractivity contribution >= 4 is 17.7 Å². The molecule has 0 aromatic heterocycles. The molecule has 1 saturated heterocycles. The highest BCUT2D eigenvalue weighted by molar-refractivity contribution is 5.95. The summed E-state index contributed by atoms with van der Waals surface area (Å²) >= 11 is 0. The standard InChI is InChI=1S/C24H27N3O4/c1-2-3-10-15-27-23(26-20(28)16-18-11-6-4-7-12-18)22(24(27)30)25-21(29)17-31-19-13-8-5-9-14-19/h2,4-9,11-14,22-23H,1,3,10,15-17H2,(H,25,29)(H,26,28)/t22-,23-/m1/s1. The molecule has 0 bridgehead atoms. The van der Waals surface area contributed by atoms with Crippen LogP contribution in [-0.2, 0) is 20.8 Å². The molecule has 7 nitrogen and oxygen atoms in total. The summed E-state index contributed by atoms with van der Waals surface area (Å²) < 4.78 is 5.44. The number of ether oxygens (including phenoxy) is 1. The minimum atomic E-state index is -0.810. The van der Waals surface area contributed by atoms with Crippen LogP contribution < -0.4 is 15.4 Å². The van der Waals surface area contributed by atoms with Gasteiger partial charge in [-0.05, 0) is 30.5 Å². The van der Waals surface area contributed by atoms with Crippen LogP contribution in [-0.4, -0.2) is 48.0 Å². The molecule has 1 aliphatic rings. The lowest BCUT2D eigenvalue weighted by Crippen LogP contribution is -2.76. The molecular weight excluding hydrogens is 394 g/mol. The van der Waals surface area contributed by atoms with Gasteiger partial charge in [-0.15, -0.1) is 6.58 Å². The van der Waals surface area contributed by atoms with Gasteiger partial charge in [0.15, 0.2) is 6.61 Å². The van der Waals surface area contributed by atoms with Gasteiger partial charge in [0.1, 0.15) is 18.0 Å². The van der Waals surface area contributed by atoms with Gasteiger partial charge in [0.2, 0.25) is 5.91 Å². The van der Waals surface area contributed by atoms with E-state index in [1.54, 1.807) is 23.1 Å². The van der Waals surface area contributed by atoms with Crippen LogP contribution in [0.25, 0.3) is 0 Å². The van der Waals surface area contributed by atoms with Crippen LogP contribution in [0, 0.1) is 0 Å². The Labute approximate surface area is 182 Å². The van der Waals surface area contributed by atoms with Gasteiger partial charge in [0, 0.05) is 6.54 Å². The molecule has 7 heteroatoms. The van der Waals surface area contributed by atoms with Gasteiger partial charge in [-0.1, -0.05) is 54.6 Å². The molecule has 2 N–H and O–H groups in total. The van der Waals surface area contributed by atoms with Crippen molar-refractivity contribution in [2.24, 2.45) is 0 Å². The normalized spacial score (nSPS) is 17.4. The highest BCUT2D eigenvalue weighted by Crippen LogP contribution is 2.19. The fraction of sp³-hybridized carbons (Fsp3) is 0.292. The van der Waals surface area contributed by atoms with Crippen molar-refractivity contribution in [2.45, 2.75) is 31.5 Å². The van der Waals surface area contributed by atoms with Gasteiger partial charge < -0.3 is 20.3 Å². The zero-order chi connectivity index (χ0) is 22.1.